The molecule has 7 nitrogen and oxygen atoms in total. The van der Waals surface area contributed by atoms with Crippen LogP contribution in [0.3, 0.4) is 0 Å². The molecule has 3 aromatic rings. The molecule has 2 aliphatic rings. The van der Waals surface area contributed by atoms with E-state index in [1.54, 1.807) is 25.2 Å². The van der Waals surface area contributed by atoms with Gasteiger partial charge in [0.2, 0.25) is 0 Å². The maximum absolute atomic E-state index is 13.9. The van der Waals surface area contributed by atoms with Crippen molar-refractivity contribution in [2.75, 3.05) is 32.7 Å². The van der Waals surface area contributed by atoms with E-state index in [4.69, 9.17) is 5.10 Å². The van der Waals surface area contributed by atoms with E-state index in [0.29, 0.717) is 24.5 Å². The summed E-state index contributed by atoms with van der Waals surface area (Å²) in [6, 6.07) is 10.0. The third-order valence-corrected chi connectivity index (χ3v) is 9.27. The van der Waals surface area contributed by atoms with Gasteiger partial charge in [0.1, 0.15) is 11.6 Å². The van der Waals surface area contributed by atoms with Gasteiger partial charge in [-0.1, -0.05) is 26.0 Å². The van der Waals surface area contributed by atoms with Gasteiger partial charge in [-0.05, 0) is 81.1 Å². The van der Waals surface area contributed by atoms with Crippen molar-refractivity contribution in [1.29, 1.82) is 0 Å². The molecule has 212 valence electrons. The van der Waals surface area contributed by atoms with Gasteiger partial charge in [0.05, 0.1) is 11.4 Å². The number of aryl methyl sites for hydroxylation is 1. The maximum Gasteiger partial charge on any atom is 0.274 e. The first kappa shape index (κ1) is 28.4. The van der Waals surface area contributed by atoms with Crippen molar-refractivity contribution in [3.8, 4) is 16.9 Å². The summed E-state index contributed by atoms with van der Waals surface area (Å²) >= 11 is 1.76. The lowest BCUT2D eigenvalue weighted by atomic mass is 9.90. The SMILES string of the molecule is CC(=O)CCC(C(C)=O)c1ccc(-n2nc(C(=O)N3CCN(CCC(C)C)CC3)c3c2-c2ccsc2CC3)cc1. The molecular formula is C32H40N4O3S. The minimum atomic E-state index is -0.302. The van der Waals surface area contributed by atoms with E-state index in [-0.39, 0.29) is 23.4 Å². The number of Topliss-reactive ketones (excluding diaryl/α,β-unsaturated/α-hetero) is 2. The zero-order valence-electron chi connectivity index (χ0n) is 24.1. The summed E-state index contributed by atoms with van der Waals surface area (Å²) in [6.45, 7) is 12.0. The molecule has 1 unspecified atom stereocenters. The van der Waals surface area contributed by atoms with Gasteiger partial charge >= 0.3 is 0 Å². The zero-order chi connectivity index (χ0) is 28.4. The van der Waals surface area contributed by atoms with Crippen LogP contribution in [0.25, 0.3) is 16.9 Å². The summed E-state index contributed by atoms with van der Waals surface area (Å²) in [4.78, 5) is 43.5. The van der Waals surface area contributed by atoms with Gasteiger partial charge in [0.15, 0.2) is 5.69 Å². The fourth-order valence-corrected chi connectivity index (χ4v) is 6.75. The van der Waals surface area contributed by atoms with Crippen LogP contribution in [0.4, 0.5) is 0 Å². The number of ketones is 2. The minimum absolute atomic E-state index is 0.0229. The third kappa shape index (κ3) is 5.98. The number of carbonyl (C=O) groups excluding carboxylic acids is 3. The molecule has 1 atom stereocenters. The number of carbonyl (C=O) groups is 3. The molecular weight excluding hydrogens is 520 g/mol. The average Bonchev–Trinajstić information content (AvgIpc) is 3.57. The molecule has 3 heterocycles. The second kappa shape index (κ2) is 12.2. The Morgan fingerprint density at radius 1 is 0.950 bits per heavy atom. The van der Waals surface area contributed by atoms with Crippen molar-refractivity contribution in [2.45, 2.75) is 65.7 Å². The van der Waals surface area contributed by atoms with Crippen molar-refractivity contribution in [3.05, 3.63) is 57.4 Å². The van der Waals surface area contributed by atoms with Crippen LogP contribution in [0.2, 0.25) is 0 Å². The maximum atomic E-state index is 13.9. The fourth-order valence-electron chi connectivity index (χ4n) is 5.87. The molecule has 1 fully saturated rings. The fraction of sp³-hybridized carbons (Fsp3) is 0.500. The number of amides is 1. The highest BCUT2D eigenvalue weighted by Gasteiger charge is 2.32. The minimum Gasteiger partial charge on any atom is -0.335 e. The lowest BCUT2D eigenvalue weighted by Crippen LogP contribution is -2.49. The highest BCUT2D eigenvalue weighted by molar-refractivity contribution is 7.10. The van der Waals surface area contributed by atoms with E-state index < -0.39 is 0 Å². The van der Waals surface area contributed by atoms with Gasteiger partial charge < -0.3 is 9.69 Å². The van der Waals surface area contributed by atoms with Crippen molar-refractivity contribution in [3.63, 3.8) is 0 Å². The highest BCUT2D eigenvalue weighted by Crippen LogP contribution is 2.40. The van der Waals surface area contributed by atoms with Crippen LogP contribution < -0.4 is 0 Å². The number of aromatic nitrogens is 2. The molecule has 2 aromatic heterocycles. The molecule has 1 aliphatic heterocycles. The van der Waals surface area contributed by atoms with Gasteiger partial charge in [-0.2, -0.15) is 5.10 Å². The molecule has 1 saturated heterocycles. The first-order valence-corrected chi connectivity index (χ1v) is 15.4. The van der Waals surface area contributed by atoms with Gasteiger partial charge in [-0.3, -0.25) is 14.5 Å². The van der Waals surface area contributed by atoms with Crippen LogP contribution >= 0.6 is 11.3 Å². The molecule has 0 spiro atoms. The highest BCUT2D eigenvalue weighted by atomic mass is 32.1. The largest absolute Gasteiger partial charge is 0.335 e. The predicted molar refractivity (Wildman–Crippen MR) is 159 cm³/mol. The van der Waals surface area contributed by atoms with Gasteiger partial charge in [-0.15, -0.1) is 11.3 Å². The lowest BCUT2D eigenvalue weighted by molar-refractivity contribution is -0.119. The third-order valence-electron chi connectivity index (χ3n) is 8.29. The molecule has 0 saturated carbocycles. The summed E-state index contributed by atoms with van der Waals surface area (Å²) < 4.78 is 1.92. The van der Waals surface area contributed by atoms with E-state index in [1.807, 2.05) is 33.8 Å². The Balaban J connectivity index is 1.43. The van der Waals surface area contributed by atoms with E-state index in [1.165, 1.54) is 11.3 Å². The monoisotopic (exact) mass is 560 g/mol. The first-order valence-electron chi connectivity index (χ1n) is 14.5. The van der Waals surface area contributed by atoms with Crippen LogP contribution in [0.15, 0.2) is 35.7 Å². The quantitative estimate of drug-likeness (QED) is 0.325. The van der Waals surface area contributed by atoms with Crippen molar-refractivity contribution in [2.24, 2.45) is 5.92 Å². The Kier molecular flexibility index (Phi) is 8.66. The van der Waals surface area contributed by atoms with Crippen LogP contribution in [0.5, 0.6) is 0 Å². The normalized spacial score (nSPS) is 16.1. The molecule has 40 heavy (non-hydrogen) atoms. The zero-order valence-corrected chi connectivity index (χ0v) is 24.9. The number of thiophene rings is 1. The summed E-state index contributed by atoms with van der Waals surface area (Å²) in [5.74, 6) is 0.552. The molecule has 1 aromatic carbocycles. The van der Waals surface area contributed by atoms with Crippen LogP contribution in [0.1, 0.15) is 79.4 Å². The number of benzene rings is 1. The summed E-state index contributed by atoms with van der Waals surface area (Å²) in [6.07, 6.45) is 3.80. The van der Waals surface area contributed by atoms with Crippen LogP contribution in [0, 0.1) is 5.92 Å². The Hall–Kier alpha value is -3.10. The lowest BCUT2D eigenvalue weighted by Gasteiger charge is -2.34. The number of hydrogen-bond acceptors (Lipinski definition) is 6. The molecule has 1 aliphatic carbocycles. The Morgan fingerprint density at radius 2 is 1.68 bits per heavy atom. The van der Waals surface area contributed by atoms with Crippen LogP contribution in [-0.4, -0.2) is 69.8 Å². The van der Waals surface area contributed by atoms with Crippen LogP contribution in [-0.2, 0) is 22.4 Å². The summed E-state index contributed by atoms with van der Waals surface area (Å²) in [7, 11) is 0. The van der Waals surface area contributed by atoms with Gasteiger partial charge in [0.25, 0.3) is 5.91 Å². The molecule has 0 N–H and O–H groups in total. The van der Waals surface area contributed by atoms with Crippen molar-refractivity contribution >= 4 is 28.8 Å². The number of hydrogen-bond donors (Lipinski definition) is 0. The second-order valence-electron chi connectivity index (χ2n) is 11.7. The Labute approximate surface area is 241 Å². The summed E-state index contributed by atoms with van der Waals surface area (Å²) in [5, 5.41) is 7.08. The number of piperazine rings is 1. The Morgan fingerprint density at radius 3 is 2.33 bits per heavy atom. The molecule has 0 bridgehead atoms. The standard InChI is InChI=1S/C32H40N4O3S/c1-21(2)13-15-34-16-18-35(19-17-34)32(39)30-28-11-12-29-27(14-20-40-29)31(28)36(33-30)25-8-6-24(7-9-25)26(23(4)38)10-5-22(3)37/h6-9,14,20-21,26H,5,10-13,15-19H2,1-4H3. The number of nitrogens with zero attached hydrogens (tertiary/aromatic N) is 4. The molecule has 0 radical (unpaired) electrons. The van der Waals surface area contributed by atoms with Crippen molar-refractivity contribution < 1.29 is 14.4 Å². The topological polar surface area (TPSA) is 75.5 Å². The second-order valence-corrected chi connectivity index (χ2v) is 12.7. The molecule has 8 heteroatoms. The van der Waals surface area contributed by atoms with E-state index in [2.05, 4.69) is 30.2 Å². The van der Waals surface area contributed by atoms with Gasteiger partial charge in [-0.25, -0.2) is 4.68 Å². The van der Waals surface area contributed by atoms with E-state index in [0.717, 1.165) is 73.6 Å². The number of fused-ring (bicyclic) bond motifs is 3. The van der Waals surface area contributed by atoms with E-state index in [9.17, 15) is 14.4 Å². The van der Waals surface area contributed by atoms with Crippen molar-refractivity contribution in [1.82, 2.24) is 19.6 Å². The van der Waals surface area contributed by atoms with E-state index >= 15 is 0 Å². The summed E-state index contributed by atoms with van der Waals surface area (Å²) in [5.41, 5.74) is 5.53. The molecule has 5 rings (SSSR count). The predicted octanol–water partition coefficient (Wildman–Crippen LogP) is 5.55. The Bertz CT molecular complexity index is 1380. The molecule has 1 amide bonds. The number of rotatable bonds is 10. The average molecular weight is 561 g/mol. The smallest absolute Gasteiger partial charge is 0.274 e. The van der Waals surface area contributed by atoms with Gasteiger partial charge in [0, 0.05) is 54.5 Å². The first-order chi connectivity index (χ1) is 19.2.